The van der Waals surface area contributed by atoms with E-state index in [4.69, 9.17) is 0 Å². The number of aromatic hydroxyl groups is 1. The highest BCUT2D eigenvalue weighted by molar-refractivity contribution is 5.66. The van der Waals surface area contributed by atoms with Crippen molar-refractivity contribution in [1.29, 1.82) is 0 Å². The lowest BCUT2D eigenvalue weighted by Crippen LogP contribution is -1.98. The van der Waals surface area contributed by atoms with Gasteiger partial charge in [-0.2, -0.15) is 0 Å². The summed E-state index contributed by atoms with van der Waals surface area (Å²) in [6.45, 7) is 4.24. The molecule has 0 radical (unpaired) electrons. The molecule has 0 bridgehead atoms. The molecule has 0 spiro atoms. The molecule has 0 aromatic heterocycles. The van der Waals surface area contributed by atoms with Crippen LogP contribution in [-0.4, -0.2) is 5.11 Å². The number of phenols is 1. The average molecular weight is 241 g/mol. The molecule has 2 rings (SSSR count). The second kappa shape index (κ2) is 5.58. The third kappa shape index (κ3) is 2.65. The first-order chi connectivity index (χ1) is 8.74. The van der Waals surface area contributed by atoms with Crippen LogP contribution in [-0.2, 0) is 12.8 Å². The molecular weight excluding hydrogens is 222 g/mol. The molecular formula is C16H19NO. The van der Waals surface area contributed by atoms with E-state index in [2.05, 4.69) is 37.4 Å². The first-order valence-corrected chi connectivity index (χ1v) is 6.41. The van der Waals surface area contributed by atoms with Gasteiger partial charge in [-0.1, -0.05) is 32.0 Å². The van der Waals surface area contributed by atoms with Crippen molar-refractivity contribution in [3.63, 3.8) is 0 Å². The average Bonchev–Trinajstić information content (AvgIpc) is 2.41. The summed E-state index contributed by atoms with van der Waals surface area (Å²) in [6, 6.07) is 13.8. The van der Waals surface area contributed by atoms with E-state index in [-0.39, 0.29) is 0 Å². The predicted octanol–water partition coefficient (Wildman–Crippen LogP) is 4.26. The summed E-state index contributed by atoms with van der Waals surface area (Å²) in [5, 5.41) is 13.0. The number of para-hydroxylation sites is 1. The Kier molecular flexibility index (Phi) is 3.88. The topological polar surface area (TPSA) is 32.3 Å². The van der Waals surface area contributed by atoms with E-state index in [1.54, 1.807) is 6.07 Å². The predicted molar refractivity (Wildman–Crippen MR) is 76.6 cm³/mol. The number of anilines is 2. The second-order valence-electron chi connectivity index (χ2n) is 4.33. The standard InChI is InChI=1S/C16H19NO/c1-3-12-7-5-6-8-15(12)17-16-10-9-14(18)11-13(16)4-2/h5-11,17-18H,3-4H2,1-2H3. The molecule has 0 amide bonds. The van der Waals surface area contributed by atoms with E-state index in [1.807, 2.05) is 18.2 Å². The number of phenolic OH excluding ortho intramolecular Hbond substituents is 1. The van der Waals surface area contributed by atoms with Crippen LogP contribution in [0.4, 0.5) is 11.4 Å². The maximum absolute atomic E-state index is 9.51. The van der Waals surface area contributed by atoms with Crippen molar-refractivity contribution in [3.8, 4) is 5.75 Å². The summed E-state index contributed by atoms with van der Waals surface area (Å²) in [4.78, 5) is 0. The van der Waals surface area contributed by atoms with Crippen molar-refractivity contribution in [2.45, 2.75) is 26.7 Å². The summed E-state index contributed by atoms with van der Waals surface area (Å²) in [6.07, 6.45) is 1.90. The van der Waals surface area contributed by atoms with Gasteiger partial charge in [-0.25, -0.2) is 0 Å². The normalized spacial score (nSPS) is 10.3. The number of rotatable bonds is 4. The molecule has 2 N–H and O–H groups in total. The van der Waals surface area contributed by atoms with Crippen molar-refractivity contribution in [2.75, 3.05) is 5.32 Å². The fraction of sp³-hybridized carbons (Fsp3) is 0.250. The Hall–Kier alpha value is -1.96. The van der Waals surface area contributed by atoms with Crippen LogP contribution in [0.25, 0.3) is 0 Å². The molecule has 0 aliphatic rings. The van der Waals surface area contributed by atoms with Gasteiger partial charge in [0.05, 0.1) is 0 Å². The Morgan fingerprint density at radius 2 is 1.56 bits per heavy atom. The maximum atomic E-state index is 9.51. The van der Waals surface area contributed by atoms with E-state index < -0.39 is 0 Å². The summed E-state index contributed by atoms with van der Waals surface area (Å²) in [5.74, 6) is 0.321. The highest BCUT2D eigenvalue weighted by Gasteiger charge is 2.04. The monoisotopic (exact) mass is 241 g/mol. The first kappa shape index (κ1) is 12.5. The number of hydrogen-bond donors (Lipinski definition) is 2. The van der Waals surface area contributed by atoms with Crippen LogP contribution in [0.2, 0.25) is 0 Å². The largest absolute Gasteiger partial charge is 0.508 e. The lowest BCUT2D eigenvalue weighted by molar-refractivity contribution is 0.474. The fourth-order valence-corrected chi connectivity index (χ4v) is 2.09. The van der Waals surface area contributed by atoms with E-state index >= 15 is 0 Å². The second-order valence-corrected chi connectivity index (χ2v) is 4.33. The minimum absolute atomic E-state index is 0.321. The van der Waals surface area contributed by atoms with Gasteiger partial charge in [0.25, 0.3) is 0 Å². The van der Waals surface area contributed by atoms with E-state index in [0.717, 1.165) is 29.8 Å². The minimum atomic E-state index is 0.321. The number of benzene rings is 2. The maximum Gasteiger partial charge on any atom is 0.116 e. The van der Waals surface area contributed by atoms with Gasteiger partial charge in [-0.05, 0) is 48.2 Å². The summed E-state index contributed by atoms with van der Waals surface area (Å²) >= 11 is 0. The van der Waals surface area contributed by atoms with Crippen LogP contribution < -0.4 is 5.32 Å². The van der Waals surface area contributed by atoms with Crippen molar-refractivity contribution >= 4 is 11.4 Å². The zero-order valence-electron chi connectivity index (χ0n) is 10.9. The smallest absolute Gasteiger partial charge is 0.116 e. The van der Waals surface area contributed by atoms with Crippen LogP contribution in [0, 0.1) is 0 Å². The molecule has 94 valence electrons. The first-order valence-electron chi connectivity index (χ1n) is 6.41. The molecule has 0 unspecified atom stereocenters. The van der Waals surface area contributed by atoms with Crippen molar-refractivity contribution < 1.29 is 5.11 Å². The molecule has 0 fully saturated rings. The van der Waals surface area contributed by atoms with Crippen molar-refractivity contribution in [2.24, 2.45) is 0 Å². The zero-order chi connectivity index (χ0) is 13.0. The molecule has 2 aromatic carbocycles. The summed E-state index contributed by atoms with van der Waals surface area (Å²) < 4.78 is 0. The van der Waals surface area contributed by atoms with Gasteiger partial charge in [-0.3, -0.25) is 0 Å². The Morgan fingerprint density at radius 3 is 2.28 bits per heavy atom. The van der Waals surface area contributed by atoms with Crippen LogP contribution in [0.15, 0.2) is 42.5 Å². The van der Waals surface area contributed by atoms with Gasteiger partial charge < -0.3 is 10.4 Å². The Bertz CT molecular complexity index is 534. The SMILES string of the molecule is CCc1ccccc1Nc1ccc(O)cc1CC. The molecule has 2 nitrogen and oxygen atoms in total. The Balaban J connectivity index is 2.33. The van der Waals surface area contributed by atoms with Crippen LogP contribution >= 0.6 is 0 Å². The van der Waals surface area contributed by atoms with Crippen LogP contribution in [0.1, 0.15) is 25.0 Å². The van der Waals surface area contributed by atoms with Crippen molar-refractivity contribution in [3.05, 3.63) is 53.6 Å². The molecule has 2 aromatic rings. The molecule has 0 atom stereocenters. The van der Waals surface area contributed by atoms with Gasteiger partial charge >= 0.3 is 0 Å². The number of aryl methyl sites for hydroxylation is 2. The quantitative estimate of drug-likeness (QED) is 0.784. The molecule has 0 saturated heterocycles. The third-order valence-corrected chi connectivity index (χ3v) is 3.14. The van der Waals surface area contributed by atoms with Crippen molar-refractivity contribution in [1.82, 2.24) is 0 Å². The fourth-order valence-electron chi connectivity index (χ4n) is 2.09. The van der Waals surface area contributed by atoms with Gasteiger partial charge in [-0.15, -0.1) is 0 Å². The van der Waals surface area contributed by atoms with Gasteiger partial charge in [0, 0.05) is 11.4 Å². The minimum Gasteiger partial charge on any atom is -0.508 e. The van der Waals surface area contributed by atoms with E-state index in [0.29, 0.717) is 5.75 Å². The van der Waals surface area contributed by atoms with Gasteiger partial charge in [0.2, 0.25) is 0 Å². The Morgan fingerprint density at radius 1 is 0.889 bits per heavy atom. The van der Waals surface area contributed by atoms with Crippen LogP contribution in [0.5, 0.6) is 5.75 Å². The number of nitrogens with one attached hydrogen (secondary N) is 1. The zero-order valence-corrected chi connectivity index (χ0v) is 10.9. The molecule has 0 heterocycles. The molecule has 2 heteroatoms. The van der Waals surface area contributed by atoms with Crippen LogP contribution in [0.3, 0.4) is 0 Å². The lowest BCUT2D eigenvalue weighted by Gasteiger charge is -2.14. The van der Waals surface area contributed by atoms with E-state index in [9.17, 15) is 5.11 Å². The highest BCUT2D eigenvalue weighted by Crippen LogP contribution is 2.27. The molecule has 0 aliphatic heterocycles. The highest BCUT2D eigenvalue weighted by atomic mass is 16.3. The molecule has 0 saturated carbocycles. The van der Waals surface area contributed by atoms with Gasteiger partial charge in [0.1, 0.15) is 5.75 Å². The third-order valence-electron chi connectivity index (χ3n) is 3.14. The number of hydrogen-bond acceptors (Lipinski definition) is 2. The van der Waals surface area contributed by atoms with E-state index in [1.165, 1.54) is 5.56 Å². The van der Waals surface area contributed by atoms with Gasteiger partial charge in [0.15, 0.2) is 0 Å². The molecule has 18 heavy (non-hydrogen) atoms. The summed E-state index contributed by atoms with van der Waals surface area (Å²) in [5.41, 5.74) is 4.63. The Labute approximate surface area is 108 Å². The lowest BCUT2D eigenvalue weighted by atomic mass is 10.1. The molecule has 0 aliphatic carbocycles. The summed E-state index contributed by atoms with van der Waals surface area (Å²) in [7, 11) is 0.